The lowest BCUT2D eigenvalue weighted by Gasteiger charge is -1.98. The minimum absolute atomic E-state index is 0.197. The van der Waals surface area contributed by atoms with E-state index in [9.17, 15) is 9.59 Å². The second-order valence-corrected chi connectivity index (χ2v) is 4.57. The number of hydrogen-bond donors (Lipinski definition) is 2. The van der Waals surface area contributed by atoms with Gasteiger partial charge in [-0.15, -0.1) is 0 Å². The third kappa shape index (κ3) is 7.28. The minimum Gasteiger partial charge on any atom is -0.481 e. The van der Waals surface area contributed by atoms with Crippen molar-refractivity contribution in [2.75, 3.05) is 0 Å². The molecule has 0 atom stereocenters. The molecule has 5 nitrogen and oxygen atoms in total. The van der Waals surface area contributed by atoms with E-state index < -0.39 is 11.9 Å². The molecule has 106 valence electrons. The van der Waals surface area contributed by atoms with Crippen LogP contribution in [0.5, 0.6) is 0 Å². The highest BCUT2D eigenvalue weighted by atomic mass is 16.4. The summed E-state index contributed by atoms with van der Waals surface area (Å²) in [4.78, 5) is 20.7. The fourth-order valence-electron chi connectivity index (χ4n) is 1.84. The van der Waals surface area contributed by atoms with E-state index in [0.29, 0.717) is 12.8 Å². The van der Waals surface area contributed by atoms with Crippen molar-refractivity contribution in [1.29, 1.82) is 0 Å². The van der Waals surface area contributed by atoms with Crippen LogP contribution in [-0.4, -0.2) is 22.2 Å². The number of aliphatic carboxylic acids is 2. The van der Waals surface area contributed by atoms with Crippen molar-refractivity contribution in [3.05, 3.63) is 23.7 Å². The van der Waals surface area contributed by atoms with Crippen LogP contribution >= 0.6 is 0 Å². The fraction of sp³-hybridized carbons (Fsp3) is 0.571. The highest BCUT2D eigenvalue weighted by Crippen LogP contribution is 2.14. The topological polar surface area (TPSA) is 87.7 Å². The summed E-state index contributed by atoms with van der Waals surface area (Å²) < 4.78 is 5.60. The van der Waals surface area contributed by atoms with Gasteiger partial charge in [-0.1, -0.05) is 0 Å². The van der Waals surface area contributed by atoms with Gasteiger partial charge >= 0.3 is 11.9 Å². The maximum atomic E-state index is 10.3. The lowest BCUT2D eigenvalue weighted by atomic mass is 10.1. The van der Waals surface area contributed by atoms with Crippen LogP contribution in [0.1, 0.15) is 50.0 Å². The summed E-state index contributed by atoms with van der Waals surface area (Å²) in [6.45, 7) is 0. The standard InChI is InChI=1S/C14H20O5/c15-13(16)7-3-1-5-11-9-10-12(19-11)6-2-4-8-14(17)18/h9-10H,1-8H2,(H,15,16)(H,17,18). The number of carboxylic acid groups (broad SMARTS) is 2. The van der Waals surface area contributed by atoms with E-state index in [0.717, 1.165) is 37.2 Å². The Labute approximate surface area is 112 Å². The Morgan fingerprint density at radius 1 is 0.842 bits per heavy atom. The second-order valence-electron chi connectivity index (χ2n) is 4.57. The number of unbranched alkanes of at least 4 members (excludes halogenated alkanes) is 2. The molecule has 0 spiro atoms. The van der Waals surface area contributed by atoms with E-state index in [1.165, 1.54) is 0 Å². The van der Waals surface area contributed by atoms with Crippen LogP contribution < -0.4 is 0 Å². The lowest BCUT2D eigenvalue weighted by molar-refractivity contribution is -0.138. The van der Waals surface area contributed by atoms with E-state index in [1.807, 2.05) is 12.1 Å². The second kappa shape index (κ2) is 8.34. The summed E-state index contributed by atoms with van der Waals surface area (Å²) in [6.07, 6.45) is 4.82. The Bertz CT molecular complexity index is 371. The first-order valence-corrected chi connectivity index (χ1v) is 6.59. The first kappa shape index (κ1) is 15.3. The van der Waals surface area contributed by atoms with Gasteiger partial charge in [0.1, 0.15) is 11.5 Å². The van der Waals surface area contributed by atoms with Crippen LogP contribution in [0.3, 0.4) is 0 Å². The molecule has 2 N–H and O–H groups in total. The first-order chi connectivity index (χ1) is 9.08. The first-order valence-electron chi connectivity index (χ1n) is 6.59. The van der Waals surface area contributed by atoms with Crippen LogP contribution in [0.4, 0.5) is 0 Å². The maximum Gasteiger partial charge on any atom is 0.303 e. The zero-order valence-corrected chi connectivity index (χ0v) is 10.9. The number of hydrogen-bond acceptors (Lipinski definition) is 3. The van der Waals surface area contributed by atoms with Crippen LogP contribution in [0.2, 0.25) is 0 Å². The monoisotopic (exact) mass is 268 g/mol. The average Bonchev–Trinajstić information content (AvgIpc) is 2.78. The molecule has 0 unspecified atom stereocenters. The average molecular weight is 268 g/mol. The summed E-state index contributed by atoms with van der Waals surface area (Å²) in [5, 5.41) is 17.0. The smallest absolute Gasteiger partial charge is 0.303 e. The third-order valence-corrected chi connectivity index (χ3v) is 2.84. The Morgan fingerprint density at radius 3 is 1.63 bits per heavy atom. The summed E-state index contributed by atoms with van der Waals surface area (Å²) in [7, 11) is 0. The Balaban J connectivity index is 2.17. The van der Waals surface area contributed by atoms with E-state index in [-0.39, 0.29) is 12.8 Å². The molecule has 1 heterocycles. The van der Waals surface area contributed by atoms with Crippen LogP contribution in [-0.2, 0) is 22.4 Å². The normalized spacial score (nSPS) is 10.5. The Kier molecular flexibility index (Phi) is 6.71. The van der Waals surface area contributed by atoms with Gasteiger partial charge in [-0.05, 0) is 37.8 Å². The molecular weight excluding hydrogens is 248 g/mol. The predicted molar refractivity (Wildman–Crippen MR) is 69.1 cm³/mol. The van der Waals surface area contributed by atoms with Crippen molar-refractivity contribution in [3.8, 4) is 0 Å². The number of furan rings is 1. The zero-order valence-electron chi connectivity index (χ0n) is 10.9. The van der Waals surface area contributed by atoms with Gasteiger partial charge in [0, 0.05) is 25.7 Å². The highest BCUT2D eigenvalue weighted by Gasteiger charge is 2.04. The van der Waals surface area contributed by atoms with Gasteiger partial charge in [0.2, 0.25) is 0 Å². The molecule has 0 aliphatic rings. The molecule has 1 rings (SSSR count). The van der Waals surface area contributed by atoms with Gasteiger partial charge in [-0.3, -0.25) is 9.59 Å². The zero-order chi connectivity index (χ0) is 14.1. The van der Waals surface area contributed by atoms with E-state index in [2.05, 4.69) is 0 Å². The number of carbonyl (C=O) groups is 2. The summed E-state index contributed by atoms with van der Waals surface area (Å²) in [6, 6.07) is 3.82. The van der Waals surface area contributed by atoms with Crippen molar-refractivity contribution in [2.45, 2.75) is 51.4 Å². The molecule has 0 amide bonds. The molecule has 0 saturated carbocycles. The van der Waals surface area contributed by atoms with Crippen molar-refractivity contribution in [1.82, 2.24) is 0 Å². The summed E-state index contributed by atoms with van der Waals surface area (Å²) >= 11 is 0. The molecule has 5 heteroatoms. The van der Waals surface area contributed by atoms with Crippen molar-refractivity contribution < 1.29 is 24.2 Å². The van der Waals surface area contributed by atoms with Crippen molar-refractivity contribution >= 4 is 11.9 Å². The third-order valence-electron chi connectivity index (χ3n) is 2.84. The molecule has 1 aromatic heterocycles. The van der Waals surface area contributed by atoms with Crippen molar-refractivity contribution in [3.63, 3.8) is 0 Å². The molecular formula is C14H20O5. The van der Waals surface area contributed by atoms with Crippen LogP contribution in [0, 0.1) is 0 Å². The minimum atomic E-state index is -0.765. The van der Waals surface area contributed by atoms with Gasteiger partial charge in [0.25, 0.3) is 0 Å². The molecule has 0 fully saturated rings. The Hall–Kier alpha value is -1.78. The molecule has 19 heavy (non-hydrogen) atoms. The molecule has 0 saturated heterocycles. The quantitative estimate of drug-likeness (QED) is 0.637. The SMILES string of the molecule is O=C(O)CCCCc1ccc(CCCCC(=O)O)o1. The highest BCUT2D eigenvalue weighted by molar-refractivity contribution is 5.66. The van der Waals surface area contributed by atoms with E-state index >= 15 is 0 Å². The molecule has 0 aliphatic heterocycles. The number of rotatable bonds is 10. The van der Waals surface area contributed by atoms with Gasteiger partial charge in [-0.25, -0.2) is 0 Å². The van der Waals surface area contributed by atoms with Crippen LogP contribution in [0.25, 0.3) is 0 Å². The Morgan fingerprint density at radius 2 is 1.26 bits per heavy atom. The lowest BCUT2D eigenvalue weighted by Crippen LogP contribution is -1.94. The molecule has 0 aromatic carbocycles. The molecule has 0 radical (unpaired) electrons. The molecule has 0 aliphatic carbocycles. The predicted octanol–water partition coefficient (Wildman–Crippen LogP) is 2.87. The van der Waals surface area contributed by atoms with Crippen LogP contribution in [0.15, 0.2) is 16.5 Å². The van der Waals surface area contributed by atoms with E-state index in [4.69, 9.17) is 14.6 Å². The molecule has 1 aromatic rings. The largest absolute Gasteiger partial charge is 0.481 e. The van der Waals surface area contributed by atoms with Gasteiger partial charge in [-0.2, -0.15) is 0 Å². The number of carboxylic acids is 2. The fourth-order valence-corrected chi connectivity index (χ4v) is 1.84. The van der Waals surface area contributed by atoms with Gasteiger partial charge in [0.15, 0.2) is 0 Å². The summed E-state index contributed by atoms with van der Waals surface area (Å²) in [5.41, 5.74) is 0. The molecule has 0 bridgehead atoms. The van der Waals surface area contributed by atoms with Gasteiger partial charge in [0.05, 0.1) is 0 Å². The van der Waals surface area contributed by atoms with E-state index in [1.54, 1.807) is 0 Å². The maximum absolute atomic E-state index is 10.3. The summed E-state index contributed by atoms with van der Waals surface area (Å²) in [5.74, 6) is 0.217. The van der Waals surface area contributed by atoms with Crippen molar-refractivity contribution in [2.24, 2.45) is 0 Å². The number of aryl methyl sites for hydroxylation is 2. The van der Waals surface area contributed by atoms with Gasteiger partial charge < -0.3 is 14.6 Å².